The molecule has 1 rings (SSSR count). The normalized spacial score (nSPS) is 12.2. The molecule has 1 atom stereocenters. The number of rotatable bonds is 4. The molecular formula is C12H15Cl2NO. The van der Waals surface area contributed by atoms with Crippen molar-refractivity contribution in [1.82, 2.24) is 5.32 Å². The number of amides is 1. The first-order valence-electron chi connectivity index (χ1n) is 5.31. The molecule has 0 fully saturated rings. The molecule has 1 N–H and O–H groups in total. The fraction of sp³-hybridized carbons (Fsp3) is 0.417. The van der Waals surface area contributed by atoms with Crippen molar-refractivity contribution >= 4 is 29.1 Å². The lowest BCUT2D eigenvalue weighted by Gasteiger charge is -2.14. The zero-order chi connectivity index (χ0) is 12.1. The molecule has 0 aliphatic rings. The van der Waals surface area contributed by atoms with Crippen molar-refractivity contribution < 1.29 is 4.79 Å². The van der Waals surface area contributed by atoms with Crippen LogP contribution in [-0.2, 0) is 0 Å². The Morgan fingerprint density at radius 1 is 1.38 bits per heavy atom. The molecule has 0 saturated heterocycles. The third-order valence-corrected chi connectivity index (χ3v) is 2.92. The summed E-state index contributed by atoms with van der Waals surface area (Å²) in [5, 5.41) is 3.64. The minimum absolute atomic E-state index is 0.129. The minimum Gasteiger partial charge on any atom is -0.349 e. The summed E-state index contributed by atoms with van der Waals surface area (Å²) in [4.78, 5) is 11.9. The van der Waals surface area contributed by atoms with Crippen molar-refractivity contribution in [2.45, 2.75) is 32.7 Å². The van der Waals surface area contributed by atoms with Gasteiger partial charge in [0.2, 0.25) is 0 Å². The molecule has 0 unspecified atom stereocenters. The van der Waals surface area contributed by atoms with Crippen LogP contribution in [0.5, 0.6) is 0 Å². The largest absolute Gasteiger partial charge is 0.349 e. The highest BCUT2D eigenvalue weighted by molar-refractivity contribution is 6.39. The quantitative estimate of drug-likeness (QED) is 0.873. The molecule has 0 radical (unpaired) electrons. The third-order valence-electron chi connectivity index (χ3n) is 2.29. The van der Waals surface area contributed by atoms with Gasteiger partial charge in [-0.3, -0.25) is 4.79 Å². The fourth-order valence-corrected chi connectivity index (χ4v) is 2.08. The van der Waals surface area contributed by atoms with E-state index in [9.17, 15) is 4.79 Å². The summed E-state index contributed by atoms with van der Waals surface area (Å²) in [6, 6.07) is 5.17. The molecule has 88 valence electrons. The van der Waals surface area contributed by atoms with Crippen LogP contribution in [-0.4, -0.2) is 11.9 Å². The second-order valence-corrected chi connectivity index (χ2v) is 4.57. The summed E-state index contributed by atoms with van der Waals surface area (Å²) >= 11 is 11.9. The highest BCUT2D eigenvalue weighted by Gasteiger charge is 2.15. The van der Waals surface area contributed by atoms with E-state index in [4.69, 9.17) is 23.2 Å². The van der Waals surface area contributed by atoms with Gasteiger partial charge in [-0.1, -0.05) is 42.6 Å². The molecule has 0 aromatic heterocycles. The predicted octanol–water partition coefficient (Wildman–Crippen LogP) is 3.91. The molecule has 1 aromatic rings. The van der Waals surface area contributed by atoms with E-state index >= 15 is 0 Å². The smallest absolute Gasteiger partial charge is 0.254 e. The van der Waals surface area contributed by atoms with E-state index in [0.717, 1.165) is 12.8 Å². The molecule has 0 spiro atoms. The van der Waals surface area contributed by atoms with Crippen LogP contribution in [0.3, 0.4) is 0 Å². The number of nitrogens with one attached hydrogen (secondary N) is 1. The second kappa shape index (κ2) is 6.12. The van der Waals surface area contributed by atoms with Crippen LogP contribution in [0, 0.1) is 0 Å². The number of hydrogen-bond donors (Lipinski definition) is 1. The monoisotopic (exact) mass is 259 g/mol. The third kappa shape index (κ3) is 3.39. The van der Waals surface area contributed by atoms with Crippen LogP contribution < -0.4 is 5.32 Å². The van der Waals surface area contributed by atoms with Gasteiger partial charge < -0.3 is 5.32 Å². The molecule has 1 aromatic carbocycles. The Hall–Kier alpha value is -0.730. The average Bonchev–Trinajstić information content (AvgIpc) is 2.17. The standard InChI is InChI=1S/C12H15Cl2NO/c1-3-5-8(2)15-12(16)11-9(13)6-4-7-10(11)14/h4,6-8H,3,5H2,1-2H3,(H,15,16)/t8-/m1/s1. The van der Waals surface area contributed by atoms with Crippen molar-refractivity contribution in [3.63, 3.8) is 0 Å². The number of hydrogen-bond acceptors (Lipinski definition) is 1. The summed E-state index contributed by atoms with van der Waals surface area (Å²) in [5.74, 6) is -0.212. The Balaban J connectivity index is 2.80. The van der Waals surface area contributed by atoms with Gasteiger partial charge in [-0.15, -0.1) is 0 Å². The van der Waals surface area contributed by atoms with Crippen LogP contribution in [0.15, 0.2) is 18.2 Å². The molecule has 4 heteroatoms. The van der Waals surface area contributed by atoms with Crippen LogP contribution in [0.4, 0.5) is 0 Å². The summed E-state index contributed by atoms with van der Waals surface area (Å²) in [6.45, 7) is 4.04. The topological polar surface area (TPSA) is 29.1 Å². The van der Waals surface area contributed by atoms with E-state index < -0.39 is 0 Å². The Labute approximate surface area is 106 Å². The van der Waals surface area contributed by atoms with Crippen molar-refractivity contribution in [2.75, 3.05) is 0 Å². The molecule has 1 amide bonds. The number of carbonyl (C=O) groups is 1. The summed E-state index contributed by atoms with van der Waals surface area (Å²) in [6.07, 6.45) is 1.96. The van der Waals surface area contributed by atoms with Gasteiger partial charge in [-0.2, -0.15) is 0 Å². The van der Waals surface area contributed by atoms with Crippen LogP contribution >= 0.6 is 23.2 Å². The maximum atomic E-state index is 11.9. The maximum absolute atomic E-state index is 11.9. The van der Waals surface area contributed by atoms with E-state index in [1.807, 2.05) is 6.92 Å². The van der Waals surface area contributed by atoms with Crippen molar-refractivity contribution in [3.05, 3.63) is 33.8 Å². The van der Waals surface area contributed by atoms with Crippen LogP contribution in [0.1, 0.15) is 37.0 Å². The summed E-state index contributed by atoms with van der Waals surface area (Å²) in [5.41, 5.74) is 0.355. The Morgan fingerprint density at radius 3 is 2.44 bits per heavy atom. The molecule has 0 aliphatic carbocycles. The van der Waals surface area contributed by atoms with E-state index in [0.29, 0.717) is 15.6 Å². The summed E-state index contributed by atoms with van der Waals surface area (Å²) < 4.78 is 0. The zero-order valence-corrected chi connectivity index (χ0v) is 10.9. The zero-order valence-electron chi connectivity index (χ0n) is 9.39. The fourth-order valence-electron chi connectivity index (χ4n) is 1.52. The van der Waals surface area contributed by atoms with Gasteiger partial charge in [0.15, 0.2) is 0 Å². The minimum atomic E-state index is -0.212. The van der Waals surface area contributed by atoms with Gasteiger partial charge in [0.1, 0.15) is 0 Å². The Morgan fingerprint density at radius 2 is 1.94 bits per heavy atom. The molecule has 0 bridgehead atoms. The molecule has 0 aliphatic heterocycles. The average molecular weight is 260 g/mol. The van der Waals surface area contributed by atoms with E-state index in [-0.39, 0.29) is 11.9 Å². The first-order valence-corrected chi connectivity index (χ1v) is 6.06. The van der Waals surface area contributed by atoms with Crippen molar-refractivity contribution in [2.24, 2.45) is 0 Å². The first kappa shape index (κ1) is 13.3. The van der Waals surface area contributed by atoms with Gasteiger partial charge in [0.05, 0.1) is 15.6 Å². The van der Waals surface area contributed by atoms with E-state index in [1.165, 1.54) is 0 Å². The highest BCUT2D eigenvalue weighted by Crippen LogP contribution is 2.24. The van der Waals surface area contributed by atoms with Gasteiger partial charge in [0.25, 0.3) is 5.91 Å². The maximum Gasteiger partial charge on any atom is 0.254 e. The molecule has 0 heterocycles. The van der Waals surface area contributed by atoms with Crippen molar-refractivity contribution in [3.8, 4) is 0 Å². The number of halogens is 2. The molecular weight excluding hydrogens is 245 g/mol. The molecule has 0 saturated carbocycles. The first-order chi connectivity index (χ1) is 7.56. The van der Waals surface area contributed by atoms with Crippen LogP contribution in [0.25, 0.3) is 0 Å². The van der Waals surface area contributed by atoms with Gasteiger partial charge >= 0.3 is 0 Å². The molecule has 2 nitrogen and oxygen atoms in total. The second-order valence-electron chi connectivity index (χ2n) is 3.76. The van der Waals surface area contributed by atoms with Gasteiger partial charge in [-0.25, -0.2) is 0 Å². The predicted molar refractivity (Wildman–Crippen MR) is 68.3 cm³/mol. The number of carbonyl (C=O) groups excluding carboxylic acids is 1. The number of benzene rings is 1. The Kier molecular flexibility index (Phi) is 5.10. The lowest BCUT2D eigenvalue weighted by Crippen LogP contribution is -2.32. The lowest BCUT2D eigenvalue weighted by molar-refractivity contribution is 0.0938. The Bertz CT molecular complexity index is 359. The van der Waals surface area contributed by atoms with E-state index in [2.05, 4.69) is 12.2 Å². The highest BCUT2D eigenvalue weighted by atomic mass is 35.5. The summed E-state index contributed by atoms with van der Waals surface area (Å²) in [7, 11) is 0. The van der Waals surface area contributed by atoms with Gasteiger partial charge in [-0.05, 0) is 25.5 Å². The van der Waals surface area contributed by atoms with E-state index in [1.54, 1.807) is 18.2 Å². The molecule has 16 heavy (non-hydrogen) atoms. The van der Waals surface area contributed by atoms with Gasteiger partial charge in [0, 0.05) is 6.04 Å². The lowest BCUT2D eigenvalue weighted by atomic mass is 10.1. The SMILES string of the molecule is CCC[C@@H](C)NC(=O)c1c(Cl)cccc1Cl. The van der Waals surface area contributed by atoms with Crippen molar-refractivity contribution in [1.29, 1.82) is 0 Å². The van der Waals surface area contributed by atoms with Crippen LogP contribution in [0.2, 0.25) is 10.0 Å².